The van der Waals surface area contributed by atoms with Crippen LogP contribution in [0.5, 0.6) is 0 Å². The minimum Gasteiger partial charge on any atom is -0.318 e. The van der Waals surface area contributed by atoms with Gasteiger partial charge in [-0.1, -0.05) is 23.7 Å². The van der Waals surface area contributed by atoms with E-state index in [4.69, 9.17) is 11.6 Å². The molecule has 2 N–H and O–H groups in total. The number of anilines is 1. The molecular weight excluding hydrogens is 309 g/mol. The molecule has 0 fully saturated rings. The molecule has 0 spiro atoms. The van der Waals surface area contributed by atoms with E-state index in [0.717, 1.165) is 0 Å². The van der Waals surface area contributed by atoms with Crippen molar-refractivity contribution in [3.63, 3.8) is 0 Å². The van der Waals surface area contributed by atoms with Crippen LogP contribution in [0.4, 0.5) is 10.1 Å². The van der Waals surface area contributed by atoms with Crippen molar-refractivity contribution in [3.05, 3.63) is 64.9 Å². The number of nitrogens with zero attached hydrogens (tertiary/aromatic N) is 1. The summed E-state index contributed by atoms with van der Waals surface area (Å²) in [5, 5.41) is 6.56. The molecule has 0 aromatic heterocycles. The molecule has 2 aromatic rings. The Bertz CT molecular complexity index is 700. The van der Waals surface area contributed by atoms with E-state index in [0.29, 0.717) is 16.3 Å². The predicted molar refractivity (Wildman–Crippen MR) is 82.2 cm³/mol. The Hall–Kier alpha value is -2.73. The van der Waals surface area contributed by atoms with Crippen LogP contribution in [0, 0.1) is 5.82 Å². The van der Waals surface area contributed by atoms with Crippen molar-refractivity contribution < 1.29 is 14.0 Å². The van der Waals surface area contributed by atoms with Gasteiger partial charge in [0.05, 0.1) is 6.21 Å². The van der Waals surface area contributed by atoms with Gasteiger partial charge >= 0.3 is 11.8 Å². The fourth-order valence-corrected chi connectivity index (χ4v) is 1.61. The predicted octanol–water partition coefficient (Wildman–Crippen LogP) is 2.57. The van der Waals surface area contributed by atoms with Crippen molar-refractivity contribution >= 4 is 35.3 Å². The van der Waals surface area contributed by atoms with Gasteiger partial charge in [-0.2, -0.15) is 5.10 Å². The Morgan fingerprint density at radius 1 is 1.00 bits per heavy atom. The van der Waals surface area contributed by atoms with Crippen molar-refractivity contribution in [3.8, 4) is 0 Å². The van der Waals surface area contributed by atoms with Crippen LogP contribution < -0.4 is 10.7 Å². The summed E-state index contributed by atoms with van der Waals surface area (Å²) in [5.74, 6) is -2.27. The summed E-state index contributed by atoms with van der Waals surface area (Å²) >= 11 is 5.73. The molecule has 0 radical (unpaired) electrons. The van der Waals surface area contributed by atoms with E-state index < -0.39 is 17.6 Å². The Morgan fingerprint density at radius 3 is 2.27 bits per heavy atom. The van der Waals surface area contributed by atoms with Crippen LogP contribution in [0.15, 0.2) is 53.6 Å². The summed E-state index contributed by atoms with van der Waals surface area (Å²) < 4.78 is 12.7. The van der Waals surface area contributed by atoms with Gasteiger partial charge in [0.1, 0.15) is 5.82 Å². The number of hydrazone groups is 1. The highest BCUT2D eigenvalue weighted by Crippen LogP contribution is 2.08. The fourth-order valence-electron chi connectivity index (χ4n) is 1.49. The molecule has 2 amide bonds. The quantitative estimate of drug-likeness (QED) is 0.518. The van der Waals surface area contributed by atoms with E-state index >= 15 is 0 Å². The van der Waals surface area contributed by atoms with Crippen LogP contribution in [-0.4, -0.2) is 18.0 Å². The smallest absolute Gasteiger partial charge is 0.318 e. The topological polar surface area (TPSA) is 70.6 Å². The molecule has 0 aliphatic carbocycles. The molecular formula is C15H11ClFN3O2. The molecule has 22 heavy (non-hydrogen) atoms. The van der Waals surface area contributed by atoms with Crippen LogP contribution in [0.1, 0.15) is 5.56 Å². The van der Waals surface area contributed by atoms with Crippen LogP contribution in [0.3, 0.4) is 0 Å². The van der Waals surface area contributed by atoms with E-state index in [9.17, 15) is 14.0 Å². The molecule has 0 bridgehead atoms. The third-order valence-electron chi connectivity index (χ3n) is 2.56. The molecule has 0 saturated carbocycles. The van der Waals surface area contributed by atoms with E-state index in [-0.39, 0.29) is 0 Å². The number of hydrogen-bond donors (Lipinski definition) is 2. The second-order valence-electron chi connectivity index (χ2n) is 4.21. The van der Waals surface area contributed by atoms with Gasteiger partial charge in [0.15, 0.2) is 0 Å². The van der Waals surface area contributed by atoms with E-state index in [1.54, 1.807) is 24.3 Å². The average molecular weight is 320 g/mol. The fraction of sp³-hybridized carbons (Fsp3) is 0. The maximum atomic E-state index is 12.7. The Morgan fingerprint density at radius 2 is 1.64 bits per heavy atom. The first kappa shape index (κ1) is 15.7. The molecule has 7 heteroatoms. The second kappa shape index (κ2) is 7.33. The molecule has 5 nitrogen and oxygen atoms in total. The number of benzene rings is 2. The Labute approximate surface area is 130 Å². The molecule has 2 aromatic carbocycles. The van der Waals surface area contributed by atoms with E-state index in [2.05, 4.69) is 15.8 Å². The van der Waals surface area contributed by atoms with Gasteiger partial charge in [-0.15, -0.1) is 0 Å². The van der Waals surface area contributed by atoms with Gasteiger partial charge in [-0.25, -0.2) is 9.82 Å². The second-order valence-corrected chi connectivity index (χ2v) is 4.65. The van der Waals surface area contributed by atoms with Crippen LogP contribution in [0.25, 0.3) is 0 Å². The standard InChI is InChI=1S/C15H11ClFN3O2/c16-11-3-1-10(2-4-11)9-18-20-15(22)14(21)19-13-7-5-12(17)6-8-13/h1-9H,(H,19,21)(H,20,22). The minimum atomic E-state index is -0.936. The van der Waals surface area contributed by atoms with Gasteiger partial charge in [-0.3, -0.25) is 9.59 Å². The zero-order chi connectivity index (χ0) is 15.9. The van der Waals surface area contributed by atoms with Crippen molar-refractivity contribution in [1.29, 1.82) is 0 Å². The molecule has 112 valence electrons. The summed E-state index contributed by atoms with van der Waals surface area (Å²) in [5.41, 5.74) is 3.11. The van der Waals surface area contributed by atoms with Gasteiger partial charge in [-0.05, 0) is 42.0 Å². The lowest BCUT2D eigenvalue weighted by Gasteiger charge is -2.03. The highest BCUT2D eigenvalue weighted by atomic mass is 35.5. The molecule has 0 aliphatic heterocycles. The summed E-state index contributed by atoms with van der Waals surface area (Å²) in [4.78, 5) is 23.1. The lowest BCUT2D eigenvalue weighted by molar-refractivity contribution is -0.136. The Kier molecular flexibility index (Phi) is 5.21. The lowest BCUT2D eigenvalue weighted by atomic mass is 10.2. The SMILES string of the molecule is O=C(NN=Cc1ccc(Cl)cc1)C(=O)Nc1ccc(F)cc1. The number of hydrogen-bond acceptors (Lipinski definition) is 3. The van der Waals surface area contributed by atoms with Crippen LogP contribution in [-0.2, 0) is 9.59 Å². The number of rotatable bonds is 3. The zero-order valence-electron chi connectivity index (χ0n) is 11.2. The number of nitrogens with one attached hydrogen (secondary N) is 2. The maximum Gasteiger partial charge on any atom is 0.329 e. The molecule has 0 saturated heterocycles. The summed E-state index contributed by atoms with van der Waals surface area (Å²) in [6, 6.07) is 11.8. The van der Waals surface area contributed by atoms with Gasteiger partial charge in [0, 0.05) is 10.7 Å². The third kappa shape index (κ3) is 4.68. The summed E-state index contributed by atoms with van der Waals surface area (Å²) in [6.07, 6.45) is 1.37. The van der Waals surface area contributed by atoms with Gasteiger partial charge < -0.3 is 5.32 Å². The van der Waals surface area contributed by atoms with E-state index in [1.807, 2.05) is 0 Å². The first-order valence-electron chi connectivity index (χ1n) is 6.20. The molecule has 2 rings (SSSR count). The third-order valence-corrected chi connectivity index (χ3v) is 2.81. The van der Waals surface area contributed by atoms with Crippen LogP contribution >= 0.6 is 11.6 Å². The highest BCUT2D eigenvalue weighted by molar-refractivity contribution is 6.39. The highest BCUT2D eigenvalue weighted by Gasteiger charge is 2.12. The van der Waals surface area contributed by atoms with Gasteiger partial charge in [0.25, 0.3) is 0 Å². The minimum absolute atomic E-state index is 0.309. The van der Waals surface area contributed by atoms with Crippen molar-refractivity contribution in [2.45, 2.75) is 0 Å². The van der Waals surface area contributed by atoms with Crippen molar-refractivity contribution in [2.24, 2.45) is 5.10 Å². The van der Waals surface area contributed by atoms with Gasteiger partial charge in [0.2, 0.25) is 0 Å². The van der Waals surface area contributed by atoms with Crippen LogP contribution in [0.2, 0.25) is 5.02 Å². The average Bonchev–Trinajstić information content (AvgIpc) is 2.51. The molecule has 0 heterocycles. The number of amides is 2. The van der Waals surface area contributed by atoms with E-state index in [1.165, 1.54) is 30.5 Å². The largest absolute Gasteiger partial charge is 0.329 e. The first-order valence-corrected chi connectivity index (χ1v) is 6.58. The summed E-state index contributed by atoms with van der Waals surface area (Å²) in [6.45, 7) is 0. The monoisotopic (exact) mass is 319 g/mol. The first-order chi connectivity index (χ1) is 10.5. The normalized spacial score (nSPS) is 10.5. The molecule has 0 aliphatic rings. The number of carbonyl (C=O) groups excluding carboxylic acids is 2. The zero-order valence-corrected chi connectivity index (χ0v) is 12.0. The number of halogens is 2. The Balaban J connectivity index is 1.87. The van der Waals surface area contributed by atoms with Crippen molar-refractivity contribution in [2.75, 3.05) is 5.32 Å². The molecule has 0 unspecified atom stereocenters. The maximum absolute atomic E-state index is 12.7. The summed E-state index contributed by atoms with van der Waals surface area (Å²) in [7, 11) is 0. The van der Waals surface area contributed by atoms with Crippen molar-refractivity contribution in [1.82, 2.24) is 5.43 Å². The number of carbonyl (C=O) groups is 2. The molecule has 0 atom stereocenters. The lowest BCUT2D eigenvalue weighted by Crippen LogP contribution is -2.32.